The molecule has 0 spiro atoms. The zero-order valence-corrected chi connectivity index (χ0v) is 10.9. The summed E-state index contributed by atoms with van der Waals surface area (Å²) in [5.74, 6) is 0.100. The molecule has 0 aliphatic carbocycles. The summed E-state index contributed by atoms with van der Waals surface area (Å²) in [5, 5.41) is 12.4. The molecule has 2 rings (SSSR count). The highest BCUT2D eigenvalue weighted by atomic mass is 16.3. The van der Waals surface area contributed by atoms with Crippen LogP contribution >= 0.6 is 0 Å². The van der Waals surface area contributed by atoms with E-state index in [9.17, 15) is 9.90 Å². The number of aliphatic hydroxyl groups excluding tert-OH is 1. The summed E-state index contributed by atoms with van der Waals surface area (Å²) in [6, 6.07) is 7.70. The van der Waals surface area contributed by atoms with Gasteiger partial charge in [0.25, 0.3) is 0 Å². The molecular formula is C14H20N2O2. The van der Waals surface area contributed by atoms with Crippen LogP contribution in [0.2, 0.25) is 0 Å². The molecule has 0 aromatic heterocycles. The van der Waals surface area contributed by atoms with Crippen molar-refractivity contribution in [3.05, 3.63) is 29.8 Å². The fourth-order valence-electron chi connectivity index (χ4n) is 2.37. The largest absolute Gasteiger partial charge is 0.389 e. The number of nitrogens with one attached hydrogen (secondary N) is 1. The zero-order chi connectivity index (χ0) is 13.1. The Labute approximate surface area is 108 Å². The van der Waals surface area contributed by atoms with E-state index in [4.69, 9.17) is 0 Å². The van der Waals surface area contributed by atoms with Gasteiger partial charge in [-0.05, 0) is 31.0 Å². The van der Waals surface area contributed by atoms with Gasteiger partial charge in [0.2, 0.25) is 5.91 Å². The Hall–Kier alpha value is -1.55. The molecule has 1 fully saturated rings. The van der Waals surface area contributed by atoms with E-state index in [0.29, 0.717) is 6.54 Å². The van der Waals surface area contributed by atoms with Gasteiger partial charge in [0.05, 0.1) is 6.10 Å². The van der Waals surface area contributed by atoms with Crippen molar-refractivity contribution in [3.63, 3.8) is 0 Å². The van der Waals surface area contributed by atoms with E-state index < -0.39 is 6.10 Å². The normalized spacial score (nSPS) is 21.6. The van der Waals surface area contributed by atoms with E-state index in [1.807, 2.05) is 31.2 Å². The molecule has 0 bridgehead atoms. The number of rotatable bonds is 3. The topological polar surface area (TPSA) is 52.6 Å². The first-order chi connectivity index (χ1) is 8.63. The first-order valence-corrected chi connectivity index (χ1v) is 6.46. The molecule has 2 N–H and O–H groups in total. The van der Waals surface area contributed by atoms with Crippen molar-refractivity contribution >= 4 is 11.6 Å². The van der Waals surface area contributed by atoms with Gasteiger partial charge < -0.3 is 15.3 Å². The number of amides is 1. The van der Waals surface area contributed by atoms with E-state index in [1.54, 1.807) is 6.92 Å². The van der Waals surface area contributed by atoms with Crippen molar-refractivity contribution in [2.24, 2.45) is 0 Å². The van der Waals surface area contributed by atoms with Crippen LogP contribution in [0.4, 0.5) is 5.69 Å². The van der Waals surface area contributed by atoms with Crippen LogP contribution in [0.25, 0.3) is 0 Å². The maximum Gasteiger partial charge on any atom is 0.242 e. The van der Waals surface area contributed by atoms with Crippen LogP contribution < -0.4 is 10.2 Å². The number of benzene rings is 1. The molecule has 1 aliphatic heterocycles. The maximum atomic E-state index is 11.8. The Kier molecular flexibility index (Phi) is 3.87. The number of anilines is 1. The number of hydrogen-bond donors (Lipinski definition) is 2. The lowest BCUT2D eigenvalue weighted by atomic mass is 10.1. The Morgan fingerprint density at radius 3 is 2.67 bits per heavy atom. The minimum atomic E-state index is -0.453. The number of nitrogens with zero attached hydrogens (tertiary/aromatic N) is 1. The second kappa shape index (κ2) is 5.40. The lowest BCUT2D eigenvalue weighted by molar-refractivity contribution is -0.123. The Morgan fingerprint density at radius 2 is 2.11 bits per heavy atom. The summed E-state index contributed by atoms with van der Waals surface area (Å²) in [4.78, 5) is 13.9. The predicted octanol–water partition coefficient (Wildman–Crippen LogP) is 1.45. The molecule has 1 aromatic rings. The van der Waals surface area contributed by atoms with E-state index in [-0.39, 0.29) is 11.9 Å². The number of carbonyl (C=O) groups excluding carboxylic acids is 1. The Balaban J connectivity index is 2.21. The molecule has 18 heavy (non-hydrogen) atoms. The summed E-state index contributed by atoms with van der Waals surface area (Å²) < 4.78 is 0. The molecular weight excluding hydrogens is 228 g/mol. The summed E-state index contributed by atoms with van der Waals surface area (Å²) >= 11 is 0. The van der Waals surface area contributed by atoms with Crippen molar-refractivity contribution in [2.75, 3.05) is 18.0 Å². The third-order valence-corrected chi connectivity index (χ3v) is 3.42. The van der Waals surface area contributed by atoms with Gasteiger partial charge in [-0.25, -0.2) is 0 Å². The van der Waals surface area contributed by atoms with Crippen LogP contribution in [0.5, 0.6) is 0 Å². The minimum Gasteiger partial charge on any atom is -0.389 e. The molecule has 2 atom stereocenters. The van der Waals surface area contributed by atoms with Gasteiger partial charge >= 0.3 is 0 Å². The van der Waals surface area contributed by atoms with Gasteiger partial charge in [-0.2, -0.15) is 0 Å². The highest BCUT2D eigenvalue weighted by molar-refractivity contribution is 5.86. The van der Waals surface area contributed by atoms with Crippen molar-refractivity contribution in [2.45, 2.75) is 32.4 Å². The van der Waals surface area contributed by atoms with Crippen molar-refractivity contribution < 1.29 is 9.90 Å². The Bertz CT molecular complexity index is 414. The number of piperazine rings is 1. The number of hydrogen-bond acceptors (Lipinski definition) is 3. The third-order valence-electron chi connectivity index (χ3n) is 3.42. The Morgan fingerprint density at radius 1 is 1.44 bits per heavy atom. The van der Waals surface area contributed by atoms with Gasteiger partial charge in [-0.3, -0.25) is 4.79 Å². The fourth-order valence-corrected chi connectivity index (χ4v) is 2.37. The van der Waals surface area contributed by atoms with Gasteiger partial charge in [0.15, 0.2) is 0 Å². The monoisotopic (exact) mass is 248 g/mol. The molecule has 1 saturated heterocycles. The van der Waals surface area contributed by atoms with Crippen LogP contribution in [0.15, 0.2) is 24.3 Å². The average molecular weight is 248 g/mol. The van der Waals surface area contributed by atoms with Crippen LogP contribution in [0, 0.1) is 0 Å². The molecule has 0 radical (unpaired) electrons. The molecule has 0 saturated carbocycles. The lowest BCUT2D eigenvalue weighted by Crippen LogP contribution is -2.55. The van der Waals surface area contributed by atoms with E-state index in [0.717, 1.165) is 24.2 Å². The predicted molar refractivity (Wildman–Crippen MR) is 71.5 cm³/mol. The van der Waals surface area contributed by atoms with E-state index in [1.165, 1.54) is 0 Å². The average Bonchev–Trinajstić information content (AvgIpc) is 2.38. The van der Waals surface area contributed by atoms with Crippen LogP contribution in [0.3, 0.4) is 0 Å². The highest BCUT2D eigenvalue weighted by Gasteiger charge is 2.27. The molecule has 1 aliphatic rings. The van der Waals surface area contributed by atoms with Crippen molar-refractivity contribution in [1.29, 1.82) is 0 Å². The minimum absolute atomic E-state index is 0.0869. The standard InChI is InChI=1S/C14H20N2O2/c1-3-13-14(18)15-8-9-16(13)12-6-4-11(5-7-12)10(2)17/h4-7,10,13,17H,3,8-9H2,1-2H3,(H,15,18)/t10-,13?/m0/s1. The van der Waals surface area contributed by atoms with Crippen molar-refractivity contribution in [3.8, 4) is 0 Å². The summed E-state index contributed by atoms with van der Waals surface area (Å²) in [5.41, 5.74) is 1.94. The molecule has 4 nitrogen and oxygen atoms in total. The van der Waals surface area contributed by atoms with Gasteiger partial charge in [-0.1, -0.05) is 19.1 Å². The molecule has 1 unspecified atom stereocenters. The lowest BCUT2D eigenvalue weighted by Gasteiger charge is -2.36. The van der Waals surface area contributed by atoms with Crippen molar-refractivity contribution in [1.82, 2.24) is 5.32 Å². The molecule has 98 valence electrons. The maximum absolute atomic E-state index is 11.8. The summed E-state index contributed by atoms with van der Waals surface area (Å²) in [6.07, 6.45) is 0.343. The van der Waals surface area contributed by atoms with Crippen LogP contribution in [-0.4, -0.2) is 30.1 Å². The second-order valence-electron chi connectivity index (χ2n) is 4.68. The quantitative estimate of drug-likeness (QED) is 0.851. The molecule has 1 aromatic carbocycles. The highest BCUT2D eigenvalue weighted by Crippen LogP contribution is 2.23. The first-order valence-electron chi connectivity index (χ1n) is 6.46. The molecule has 1 amide bonds. The zero-order valence-electron chi connectivity index (χ0n) is 10.9. The first kappa shape index (κ1) is 12.9. The van der Waals surface area contributed by atoms with E-state index in [2.05, 4.69) is 10.2 Å². The van der Waals surface area contributed by atoms with E-state index >= 15 is 0 Å². The summed E-state index contributed by atoms with van der Waals surface area (Å²) in [6.45, 7) is 5.29. The molecule has 4 heteroatoms. The second-order valence-corrected chi connectivity index (χ2v) is 4.68. The van der Waals surface area contributed by atoms with Crippen LogP contribution in [0.1, 0.15) is 31.9 Å². The van der Waals surface area contributed by atoms with Gasteiger partial charge in [0, 0.05) is 18.8 Å². The smallest absolute Gasteiger partial charge is 0.242 e. The summed E-state index contributed by atoms with van der Waals surface area (Å²) in [7, 11) is 0. The van der Waals surface area contributed by atoms with Crippen LogP contribution in [-0.2, 0) is 4.79 Å². The van der Waals surface area contributed by atoms with Gasteiger partial charge in [-0.15, -0.1) is 0 Å². The third kappa shape index (κ3) is 2.48. The number of aliphatic hydroxyl groups is 1. The SMILES string of the molecule is CCC1C(=O)NCCN1c1ccc([C@H](C)O)cc1. The number of carbonyl (C=O) groups is 1. The fraction of sp³-hybridized carbons (Fsp3) is 0.500. The molecule has 1 heterocycles. The van der Waals surface area contributed by atoms with Gasteiger partial charge in [0.1, 0.15) is 6.04 Å².